The van der Waals surface area contributed by atoms with Crippen molar-refractivity contribution >= 4 is 0 Å². The maximum absolute atomic E-state index is 9.67. The van der Waals surface area contributed by atoms with Crippen molar-refractivity contribution in [3.63, 3.8) is 0 Å². The highest BCUT2D eigenvalue weighted by Crippen LogP contribution is 2.37. The molecule has 0 aliphatic carbocycles. The summed E-state index contributed by atoms with van der Waals surface area (Å²) in [4.78, 5) is 0. The fourth-order valence-electron chi connectivity index (χ4n) is 3.30. The Balaban J connectivity index is 1.70. The zero-order valence-corrected chi connectivity index (χ0v) is 11.8. The van der Waals surface area contributed by atoms with Gasteiger partial charge in [-0.25, -0.2) is 0 Å². The molecule has 0 unspecified atom stereocenters. The molecule has 1 N–H and O–H groups in total. The van der Waals surface area contributed by atoms with Gasteiger partial charge >= 0.3 is 0 Å². The van der Waals surface area contributed by atoms with E-state index in [1.807, 2.05) is 24.3 Å². The summed E-state index contributed by atoms with van der Waals surface area (Å²) in [5.74, 6) is 0.765. The molecule has 4 heteroatoms. The Hall–Kier alpha value is -1.10. The molecule has 0 saturated carbocycles. The fourth-order valence-corrected chi connectivity index (χ4v) is 3.30. The molecule has 2 saturated heterocycles. The predicted octanol–water partition coefficient (Wildman–Crippen LogP) is 2.46. The molecule has 0 radical (unpaired) electrons. The Morgan fingerprint density at radius 3 is 2.60 bits per heavy atom. The lowest BCUT2D eigenvalue weighted by Gasteiger charge is -2.31. The lowest BCUT2D eigenvalue weighted by atomic mass is 10.0. The highest BCUT2D eigenvalue weighted by atomic mass is 16.5. The number of aliphatic hydroxyl groups is 1. The lowest BCUT2D eigenvalue weighted by molar-refractivity contribution is -0.115. The van der Waals surface area contributed by atoms with Gasteiger partial charge in [0.25, 0.3) is 0 Å². The number of para-hydroxylation sites is 1. The van der Waals surface area contributed by atoms with Crippen molar-refractivity contribution in [3.05, 3.63) is 29.8 Å². The van der Waals surface area contributed by atoms with Crippen LogP contribution in [0.5, 0.6) is 5.75 Å². The quantitative estimate of drug-likeness (QED) is 0.899. The molecule has 2 aliphatic rings. The summed E-state index contributed by atoms with van der Waals surface area (Å²) in [5, 5.41) is 9.67. The smallest absolute Gasteiger partial charge is 0.124 e. The summed E-state index contributed by atoms with van der Waals surface area (Å²) < 4.78 is 17.3. The summed E-state index contributed by atoms with van der Waals surface area (Å²) >= 11 is 0. The molecule has 0 amide bonds. The fraction of sp³-hybridized carbons (Fsp3) is 0.625. The minimum Gasteiger partial charge on any atom is -0.496 e. The second kappa shape index (κ2) is 6.12. The summed E-state index contributed by atoms with van der Waals surface area (Å²) in [6.45, 7) is -0.0347. The Kier molecular flexibility index (Phi) is 4.24. The Labute approximate surface area is 119 Å². The molecular formula is C16H22O4. The van der Waals surface area contributed by atoms with Crippen LogP contribution >= 0.6 is 0 Å². The normalized spacial score (nSPS) is 30.2. The first-order valence-corrected chi connectivity index (χ1v) is 7.35. The van der Waals surface area contributed by atoms with Crippen LogP contribution in [0.1, 0.15) is 37.4 Å². The highest BCUT2D eigenvalue weighted by molar-refractivity contribution is 5.35. The van der Waals surface area contributed by atoms with Crippen molar-refractivity contribution in [3.8, 4) is 5.75 Å². The van der Waals surface area contributed by atoms with Crippen LogP contribution in [0, 0.1) is 0 Å². The van der Waals surface area contributed by atoms with Crippen LogP contribution in [0.2, 0.25) is 0 Å². The number of rotatable bonds is 5. The van der Waals surface area contributed by atoms with E-state index in [0.717, 1.165) is 37.0 Å². The van der Waals surface area contributed by atoms with Gasteiger partial charge in [-0.2, -0.15) is 0 Å². The van der Waals surface area contributed by atoms with Crippen molar-refractivity contribution < 1.29 is 19.3 Å². The third kappa shape index (κ3) is 2.82. The molecule has 1 aromatic carbocycles. The lowest BCUT2D eigenvalue weighted by Crippen LogP contribution is -2.32. The monoisotopic (exact) mass is 278 g/mol. The third-order valence-electron chi connectivity index (χ3n) is 4.26. The number of fused-ring (bicyclic) bond motifs is 2. The first-order valence-electron chi connectivity index (χ1n) is 7.35. The molecule has 20 heavy (non-hydrogen) atoms. The highest BCUT2D eigenvalue weighted by Gasteiger charge is 2.36. The molecule has 2 bridgehead atoms. The standard InChI is InChI=1S/C16H22O4/c1-18-15-5-3-2-4-14(15)16(10-17)20-13-8-11-6-7-12(9-13)19-11/h2-5,11-13,16-17H,6-10H2,1H3/t11-,12+,13-,16-/m0/s1. The summed E-state index contributed by atoms with van der Waals surface area (Å²) in [5.41, 5.74) is 0.913. The van der Waals surface area contributed by atoms with Gasteiger partial charge in [-0.05, 0) is 31.7 Å². The van der Waals surface area contributed by atoms with Crippen LogP contribution in [0.25, 0.3) is 0 Å². The maximum atomic E-state index is 9.67. The van der Waals surface area contributed by atoms with Gasteiger partial charge in [0.15, 0.2) is 0 Å². The first kappa shape index (κ1) is 13.9. The summed E-state index contributed by atoms with van der Waals surface area (Å²) in [6.07, 6.45) is 4.68. The van der Waals surface area contributed by atoms with Crippen LogP contribution in [-0.4, -0.2) is 37.1 Å². The minimum absolute atomic E-state index is 0.0347. The van der Waals surface area contributed by atoms with Crippen molar-refractivity contribution in [2.45, 2.75) is 50.1 Å². The van der Waals surface area contributed by atoms with Gasteiger partial charge in [-0.15, -0.1) is 0 Å². The van der Waals surface area contributed by atoms with Gasteiger partial charge in [-0.1, -0.05) is 18.2 Å². The van der Waals surface area contributed by atoms with Gasteiger partial charge in [0.2, 0.25) is 0 Å². The van der Waals surface area contributed by atoms with E-state index in [1.165, 1.54) is 0 Å². The molecule has 2 fully saturated rings. The van der Waals surface area contributed by atoms with E-state index in [0.29, 0.717) is 12.2 Å². The van der Waals surface area contributed by atoms with Gasteiger partial charge in [-0.3, -0.25) is 0 Å². The number of methoxy groups -OCH3 is 1. The van der Waals surface area contributed by atoms with Crippen LogP contribution in [0.15, 0.2) is 24.3 Å². The van der Waals surface area contributed by atoms with Crippen molar-refractivity contribution in [2.75, 3.05) is 13.7 Å². The van der Waals surface area contributed by atoms with Crippen molar-refractivity contribution in [1.29, 1.82) is 0 Å². The van der Waals surface area contributed by atoms with E-state index >= 15 is 0 Å². The second-order valence-corrected chi connectivity index (χ2v) is 5.60. The number of hydrogen-bond acceptors (Lipinski definition) is 4. The molecule has 1 aromatic rings. The largest absolute Gasteiger partial charge is 0.496 e. The molecule has 0 spiro atoms. The predicted molar refractivity (Wildman–Crippen MR) is 74.8 cm³/mol. The van der Waals surface area contributed by atoms with Gasteiger partial charge in [0, 0.05) is 5.56 Å². The zero-order chi connectivity index (χ0) is 13.9. The van der Waals surface area contributed by atoms with Gasteiger partial charge in [0.05, 0.1) is 32.0 Å². The molecule has 2 heterocycles. The molecule has 110 valence electrons. The topological polar surface area (TPSA) is 47.9 Å². The molecule has 4 atom stereocenters. The average molecular weight is 278 g/mol. The molecular weight excluding hydrogens is 256 g/mol. The second-order valence-electron chi connectivity index (χ2n) is 5.60. The SMILES string of the molecule is COc1ccccc1[C@H](CO)O[C@@H]1C[C@H]2CC[C@@H](C1)O2. The van der Waals surface area contributed by atoms with E-state index in [1.54, 1.807) is 7.11 Å². The minimum atomic E-state index is -0.325. The molecule has 2 aliphatic heterocycles. The number of benzene rings is 1. The van der Waals surface area contributed by atoms with E-state index in [-0.39, 0.29) is 18.8 Å². The van der Waals surface area contributed by atoms with E-state index in [2.05, 4.69) is 0 Å². The van der Waals surface area contributed by atoms with E-state index < -0.39 is 0 Å². The third-order valence-corrected chi connectivity index (χ3v) is 4.26. The number of hydrogen-bond donors (Lipinski definition) is 1. The Morgan fingerprint density at radius 1 is 1.25 bits per heavy atom. The van der Waals surface area contributed by atoms with Gasteiger partial charge < -0.3 is 19.3 Å². The Morgan fingerprint density at radius 2 is 1.95 bits per heavy atom. The van der Waals surface area contributed by atoms with E-state index in [4.69, 9.17) is 14.2 Å². The molecule has 0 aromatic heterocycles. The van der Waals surface area contributed by atoms with Crippen LogP contribution in [0.3, 0.4) is 0 Å². The number of aliphatic hydroxyl groups excluding tert-OH is 1. The van der Waals surface area contributed by atoms with Crippen LogP contribution in [0.4, 0.5) is 0 Å². The first-order chi connectivity index (χ1) is 9.80. The molecule has 3 rings (SSSR count). The van der Waals surface area contributed by atoms with Crippen molar-refractivity contribution in [2.24, 2.45) is 0 Å². The van der Waals surface area contributed by atoms with E-state index in [9.17, 15) is 5.11 Å². The zero-order valence-electron chi connectivity index (χ0n) is 11.8. The van der Waals surface area contributed by atoms with Crippen LogP contribution < -0.4 is 4.74 Å². The Bertz CT molecular complexity index is 436. The van der Waals surface area contributed by atoms with Crippen LogP contribution in [-0.2, 0) is 9.47 Å². The van der Waals surface area contributed by atoms with Crippen molar-refractivity contribution in [1.82, 2.24) is 0 Å². The average Bonchev–Trinajstić information content (AvgIpc) is 2.83. The molecule has 4 nitrogen and oxygen atoms in total. The number of ether oxygens (including phenoxy) is 3. The maximum Gasteiger partial charge on any atom is 0.124 e. The van der Waals surface area contributed by atoms with Gasteiger partial charge in [0.1, 0.15) is 11.9 Å². The summed E-state index contributed by atoms with van der Waals surface area (Å²) in [6, 6.07) is 7.71. The summed E-state index contributed by atoms with van der Waals surface area (Å²) in [7, 11) is 1.64.